The van der Waals surface area contributed by atoms with Gasteiger partial charge in [-0.1, -0.05) is 53.7 Å². The Labute approximate surface area is 182 Å². The first-order chi connectivity index (χ1) is 13.9. The first kappa shape index (κ1) is 21.4. The summed E-state index contributed by atoms with van der Waals surface area (Å²) in [4.78, 5) is 12.4. The molecule has 1 aromatic heterocycles. The van der Waals surface area contributed by atoms with Gasteiger partial charge in [-0.15, -0.1) is 10.2 Å². The number of amides is 1. The normalized spacial score (nSPS) is 10.9. The first-order valence-electron chi connectivity index (χ1n) is 9.12. The fraction of sp³-hybridized carbons (Fsp3) is 0.286. The number of hydrogen-bond acceptors (Lipinski definition) is 6. The fourth-order valence-corrected chi connectivity index (χ4v) is 3.68. The molecule has 152 valence electrons. The van der Waals surface area contributed by atoms with E-state index in [0.29, 0.717) is 23.5 Å². The number of aromatic nitrogens is 2. The van der Waals surface area contributed by atoms with Crippen LogP contribution >= 0.6 is 27.7 Å². The van der Waals surface area contributed by atoms with Crippen LogP contribution in [-0.4, -0.2) is 29.0 Å². The van der Waals surface area contributed by atoms with Crippen LogP contribution in [0.5, 0.6) is 5.75 Å². The lowest BCUT2D eigenvalue weighted by atomic mass is 10.0. The average molecular weight is 476 g/mol. The lowest BCUT2D eigenvalue weighted by Crippen LogP contribution is -2.15. The Hall–Kier alpha value is -2.32. The van der Waals surface area contributed by atoms with E-state index in [1.807, 2.05) is 42.5 Å². The number of rotatable bonds is 8. The largest absolute Gasteiger partial charge is 0.497 e. The van der Waals surface area contributed by atoms with E-state index in [1.54, 1.807) is 7.11 Å². The Kier molecular flexibility index (Phi) is 7.33. The van der Waals surface area contributed by atoms with Crippen molar-refractivity contribution < 1.29 is 13.9 Å². The summed E-state index contributed by atoms with van der Waals surface area (Å²) in [6.45, 7) is 4.18. The van der Waals surface area contributed by atoms with Crippen molar-refractivity contribution >= 4 is 39.3 Å². The van der Waals surface area contributed by atoms with Crippen molar-refractivity contribution in [2.75, 3.05) is 18.2 Å². The molecule has 8 heteroatoms. The van der Waals surface area contributed by atoms with Gasteiger partial charge in [-0.2, -0.15) is 0 Å². The van der Waals surface area contributed by atoms with Crippen LogP contribution in [0, 0.1) is 0 Å². The van der Waals surface area contributed by atoms with Crippen molar-refractivity contribution in [3.63, 3.8) is 0 Å². The number of anilines is 1. The highest BCUT2D eigenvalue weighted by Gasteiger charge is 2.13. The molecule has 0 bridgehead atoms. The van der Waals surface area contributed by atoms with Gasteiger partial charge in [-0.3, -0.25) is 4.79 Å². The van der Waals surface area contributed by atoms with Gasteiger partial charge in [0.1, 0.15) is 5.75 Å². The SMILES string of the molecule is COc1ccc(Cc2nnc(SCC(=O)Nc3ccc(Br)cc3C(C)C)o2)cc1. The molecule has 0 atom stereocenters. The summed E-state index contributed by atoms with van der Waals surface area (Å²) in [5.41, 5.74) is 2.94. The molecule has 0 aliphatic rings. The zero-order chi connectivity index (χ0) is 20.8. The second kappa shape index (κ2) is 9.93. The zero-order valence-corrected chi connectivity index (χ0v) is 18.8. The van der Waals surface area contributed by atoms with Gasteiger partial charge in [0.25, 0.3) is 5.22 Å². The lowest BCUT2D eigenvalue weighted by molar-refractivity contribution is -0.113. The van der Waals surface area contributed by atoms with E-state index in [4.69, 9.17) is 9.15 Å². The number of ether oxygens (including phenoxy) is 1. The van der Waals surface area contributed by atoms with Crippen molar-refractivity contribution in [2.45, 2.75) is 31.4 Å². The summed E-state index contributed by atoms with van der Waals surface area (Å²) >= 11 is 4.70. The number of hydrogen-bond donors (Lipinski definition) is 1. The van der Waals surface area contributed by atoms with Crippen molar-refractivity contribution in [3.05, 3.63) is 64.0 Å². The maximum absolute atomic E-state index is 12.4. The predicted molar refractivity (Wildman–Crippen MR) is 118 cm³/mol. The fourth-order valence-electron chi connectivity index (χ4n) is 2.72. The molecule has 0 aliphatic carbocycles. The van der Waals surface area contributed by atoms with Gasteiger partial charge >= 0.3 is 0 Å². The minimum absolute atomic E-state index is 0.117. The Balaban J connectivity index is 1.54. The van der Waals surface area contributed by atoms with Crippen LogP contribution < -0.4 is 10.1 Å². The molecule has 0 radical (unpaired) electrons. The van der Waals surface area contributed by atoms with E-state index in [9.17, 15) is 4.79 Å². The summed E-state index contributed by atoms with van der Waals surface area (Å²) < 4.78 is 11.8. The van der Waals surface area contributed by atoms with E-state index >= 15 is 0 Å². The number of nitrogens with one attached hydrogen (secondary N) is 1. The van der Waals surface area contributed by atoms with Crippen LogP contribution in [0.4, 0.5) is 5.69 Å². The Morgan fingerprint density at radius 3 is 2.66 bits per heavy atom. The summed E-state index contributed by atoms with van der Waals surface area (Å²) in [6.07, 6.45) is 0.528. The monoisotopic (exact) mass is 475 g/mol. The third-order valence-electron chi connectivity index (χ3n) is 4.20. The highest BCUT2D eigenvalue weighted by atomic mass is 79.9. The van der Waals surface area contributed by atoms with Crippen LogP contribution in [0.15, 0.2) is 56.6 Å². The van der Waals surface area contributed by atoms with Crippen molar-refractivity contribution in [2.24, 2.45) is 0 Å². The Bertz CT molecular complexity index is 974. The number of halogens is 1. The highest BCUT2D eigenvalue weighted by Crippen LogP contribution is 2.28. The molecule has 0 spiro atoms. The van der Waals surface area contributed by atoms with Crippen LogP contribution in [0.3, 0.4) is 0 Å². The van der Waals surface area contributed by atoms with Gasteiger partial charge in [-0.25, -0.2) is 0 Å². The molecule has 1 N–H and O–H groups in total. The molecule has 0 aliphatic heterocycles. The van der Waals surface area contributed by atoms with E-state index in [0.717, 1.165) is 27.0 Å². The number of methoxy groups -OCH3 is 1. The third kappa shape index (κ3) is 6.08. The van der Waals surface area contributed by atoms with Crippen LogP contribution in [-0.2, 0) is 11.2 Å². The second-order valence-electron chi connectivity index (χ2n) is 6.71. The van der Waals surface area contributed by atoms with Crippen molar-refractivity contribution in [1.29, 1.82) is 0 Å². The third-order valence-corrected chi connectivity index (χ3v) is 5.51. The number of thioether (sulfide) groups is 1. The van der Waals surface area contributed by atoms with Crippen molar-refractivity contribution in [1.82, 2.24) is 10.2 Å². The molecule has 29 heavy (non-hydrogen) atoms. The van der Waals surface area contributed by atoms with Gasteiger partial charge in [0.05, 0.1) is 19.3 Å². The molecular weight excluding hydrogens is 454 g/mol. The maximum atomic E-state index is 12.4. The average Bonchev–Trinajstić information content (AvgIpc) is 3.15. The van der Waals surface area contributed by atoms with E-state index < -0.39 is 0 Å². The number of carbonyl (C=O) groups is 1. The standard InChI is InChI=1S/C21H22BrN3O3S/c1-13(2)17-11-15(22)6-9-18(17)23-19(26)12-29-21-25-24-20(28-21)10-14-4-7-16(27-3)8-5-14/h4-9,11,13H,10,12H2,1-3H3,(H,23,26). The summed E-state index contributed by atoms with van der Waals surface area (Å²) in [5.74, 6) is 1.68. The summed E-state index contributed by atoms with van der Waals surface area (Å²) in [5, 5.41) is 11.4. The van der Waals surface area contributed by atoms with Crippen LogP contribution in [0.2, 0.25) is 0 Å². The molecule has 2 aromatic carbocycles. The van der Waals surface area contributed by atoms with E-state index in [2.05, 4.69) is 45.3 Å². The Morgan fingerprint density at radius 2 is 1.97 bits per heavy atom. The van der Waals surface area contributed by atoms with Gasteiger partial charge < -0.3 is 14.5 Å². The molecular formula is C21H22BrN3O3S. The topological polar surface area (TPSA) is 77.2 Å². The quantitative estimate of drug-likeness (QED) is 0.446. The van der Waals surface area contributed by atoms with Crippen LogP contribution in [0.25, 0.3) is 0 Å². The number of carbonyl (C=O) groups excluding carboxylic acids is 1. The summed E-state index contributed by atoms with van der Waals surface area (Å²) in [7, 11) is 1.63. The molecule has 0 saturated heterocycles. The molecule has 3 aromatic rings. The first-order valence-corrected chi connectivity index (χ1v) is 10.9. The van der Waals surface area contributed by atoms with Crippen molar-refractivity contribution in [3.8, 4) is 5.75 Å². The smallest absolute Gasteiger partial charge is 0.277 e. The molecule has 6 nitrogen and oxygen atoms in total. The molecule has 1 amide bonds. The Morgan fingerprint density at radius 1 is 1.21 bits per heavy atom. The molecule has 1 heterocycles. The maximum Gasteiger partial charge on any atom is 0.277 e. The van der Waals surface area contributed by atoms with E-state index in [-0.39, 0.29) is 11.7 Å². The second-order valence-corrected chi connectivity index (χ2v) is 8.55. The van der Waals surface area contributed by atoms with Gasteiger partial charge in [0.15, 0.2) is 0 Å². The van der Waals surface area contributed by atoms with Gasteiger partial charge in [0.2, 0.25) is 11.8 Å². The van der Waals surface area contributed by atoms with Gasteiger partial charge in [-0.05, 0) is 47.4 Å². The minimum atomic E-state index is -0.117. The molecule has 0 fully saturated rings. The highest BCUT2D eigenvalue weighted by molar-refractivity contribution is 9.10. The predicted octanol–water partition coefficient (Wildman–Crippen LogP) is 5.29. The molecule has 3 rings (SSSR count). The summed E-state index contributed by atoms with van der Waals surface area (Å²) in [6, 6.07) is 13.5. The lowest BCUT2D eigenvalue weighted by Gasteiger charge is -2.14. The van der Waals surface area contributed by atoms with Gasteiger partial charge in [0, 0.05) is 10.2 Å². The number of nitrogens with zero attached hydrogens (tertiary/aromatic N) is 2. The molecule has 0 saturated carbocycles. The van der Waals surface area contributed by atoms with Crippen LogP contribution in [0.1, 0.15) is 36.8 Å². The van der Waals surface area contributed by atoms with E-state index in [1.165, 1.54) is 11.8 Å². The zero-order valence-electron chi connectivity index (χ0n) is 16.4. The molecule has 0 unspecified atom stereocenters. The minimum Gasteiger partial charge on any atom is -0.497 e. The number of benzene rings is 2.